The maximum atomic E-state index is 4.77. The van der Waals surface area contributed by atoms with Gasteiger partial charge in [0.15, 0.2) is 11.5 Å². The monoisotopic (exact) mass is 354 g/mol. The molecule has 0 saturated heterocycles. The Labute approximate surface area is 157 Å². The van der Waals surface area contributed by atoms with E-state index in [0.717, 1.165) is 59.9 Å². The highest BCUT2D eigenvalue weighted by Gasteiger charge is 2.19. The van der Waals surface area contributed by atoms with Crippen molar-refractivity contribution in [1.29, 1.82) is 0 Å². The van der Waals surface area contributed by atoms with Gasteiger partial charge in [-0.3, -0.25) is 9.88 Å². The highest BCUT2D eigenvalue weighted by atomic mass is 15.1. The molecule has 4 aromatic heterocycles. The second-order valence-electron chi connectivity index (χ2n) is 6.71. The Hall–Kier alpha value is -3.25. The molecule has 0 saturated carbocycles. The van der Waals surface area contributed by atoms with E-state index in [1.54, 1.807) is 18.6 Å². The van der Waals surface area contributed by atoms with Crippen LogP contribution in [0.1, 0.15) is 17.0 Å². The summed E-state index contributed by atoms with van der Waals surface area (Å²) < 4.78 is 0. The van der Waals surface area contributed by atoms with E-state index in [1.165, 1.54) is 5.56 Å². The fourth-order valence-electron chi connectivity index (χ4n) is 3.46. The topological polar surface area (TPSA) is 67.7 Å². The minimum atomic E-state index is 0.770. The molecule has 0 bridgehead atoms. The Bertz CT molecular complexity index is 1100. The molecule has 4 aromatic rings. The number of nitrogens with zero attached hydrogens (tertiary/aromatic N) is 6. The van der Waals surface area contributed by atoms with Crippen LogP contribution in [0.4, 0.5) is 0 Å². The van der Waals surface area contributed by atoms with Gasteiger partial charge in [-0.05, 0) is 36.4 Å². The van der Waals surface area contributed by atoms with Crippen molar-refractivity contribution in [1.82, 2.24) is 29.8 Å². The smallest absolute Gasteiger partial charge is 0.159 e. The molecule has 0 atom stereocenters. The summed E-state index contributed by atoms with van der Waals surface area (Å²) in [7, 11) is 0. The summed E-state index contributed by atoms with van der Waals surface area (Å²) in [6.07, 6.45) is 8.20. The van der Waals surface area contributed by atoms with Gasteiger partial charge in [-0.1, -0.05) is 0 Å². The third-order valence-electron chi connectivity index (χ3n) is 4.86. The van der Waals surface area contributed by atoms with E-state index in [2.05, 4.69) is 37.0 Å². The van der Waals surface area contributed by atoms with Gasteiger partial charge >= 0.3 is 0 Å². The molecule has 0 amide bonds. The van der Waals surface area contributed by atoms with E-state index >= 15 is 0 Å². The molecule has 0 fully saturated rings. The predicted octanol–water partition coefficient (Wildman–Crippen LogP) is 3.04. The third kappa shape index (κ3) is 3.27. The van der Waals surface area contributed by atoms with Gasteiger partial charge in [0.05, 0.1) is 11.4 Å². The third-order valence-corrected chi connectivity index (χ3v) is 4.86. The van der Waals surface area contributed by atoms with Gasteiger partial charge in [0.2, 0.25) is 0 Å². The maximum absolute atomic E-state index is 4.77. The van der Waals surface area contributed by atoms with Crippen LogP contribution in [0.25, 0.3) is 22.4 Å². The minimum Gasteiger partial charge on any atom is -0.293 e. The molecule has 27 heavy (non-hydrogen) atoms. The van der Waals surface area contributed by atoms with Gasteiger partial charge in [0.1, 0.15) is 0 Å². The number of pyridine rings is 3. The Morgan fingerprint density at radius 2 is 1.85 bits per heavy atom. The summed E-state index contributed by atoms with van der Waals surface area (Å²) in [5.74, 6) is 0.770. The Morgan fingerprint density at radius 3 is 2.78 bits per heavy atom. The molecule has 5 rings (SSSR count). The summed E-state index contributed by atoms with van der Waals surface area (Å²) in [6.45, 7) is 2.60. The van der Waals surface area contributed by atoms with Crippen LogP contribution in [0.3, 0.4) is 0 Å². The van der Waals surface area contributed by atoms with Crippen LogP contribution < -0.4 is 0 Å². The number of rotatable bonds is 3. The number of hydrogen-bond donors (Lipinski definition) is 0. The first-order valence-electron chi connectivity index (χ1n) is 9.03. The van der Waals surface area contributed by atoms with Crippen molar-refractivity contribution in [2.24, 2.45) is 0 Å². The molecular weight excluding hydrogens is 336 g/mol. The standard InChI is InChI=1S/C21H18N6/c1-2-15-3-4-18(25-20(15)23-8-1)14-27-11-7-19-17(13-27)12-24-21(26-19)16-5-9-22-10-6-16/h1-6,8-10,12H,7,11,13-14H2. The van der Waals surface area contributed by atoms with Crippen LogP contribution >= 0.6 is 0 Å². The molecule has 6 nitrogen and oxygen atoms in total. The van der Waals surface area contributed by atoms with E-state index < -0.39 is 0 Å². The first kappa shape index (κ1) is 16.0. The second kappa shape index (κ2) is 6.81. The fourth-order valence-corrected chi connectivity index (χ4v) is 3.46. The van der Waals surface area contributed by atoms with Crippen molar-refractivity contribution in [3.05, 3.63) is 78.1 Å². The van der Waals surface area contributed by atoms with Gasteiger partial charge < -0.3 is 0 Å². The highest BCUT2D eigenvalue weighted by molar-refractivity contribution is 5.74. The largest absolute Gasteiger partial charge is 0.293 e. The minimum absolute atomic E-state index is 0.770. The summed E-state index contributed by atoms with van der Waals surface area (Å²) in [5.41, 5.74) is 5.18. The van der Waals surface area contributed by atoms with Crippen LogP contribution in [-0.2, 0) is 19.5 Å². The summed E-state index contributed by atoms with van der Waals surface area (Å²) in [6, 6.07) is 12.0. The molecule has 1 aliphatic rings. The van der Waals surface area contributed by atoms with Gasteiger partial charge in [0, 0.05) is 67.4 Å². The lowest BCUT2D eigenvalue weighted by Gasteiger charge is -2.27. The summed E-state index contributed by atoms with van der Waals surface area (Å²) in [5, 5.41) is 1.07. The SMILES string of the molecule is c1cnc2nc(CN3CCc4nc(-c5ccncc5)ncc4C3)ccc2c1. The Balaban J connectivity index is 1.34. The van der Waals surface area contributed by atoms with Gasteiger partial charge in [-0.2, -0.15) is 0 Å². The van der Waals surface area contributed by atoms with Crippen molar-refractivity contribution >= 4 is 11.0 Å². The second-order valence-corrected chi connectivity index (χ2v) is 6.71. The zero-order chi connectivity index (χ0) is 18.1. The summed E-state index contributed by atoms with van der Waals surface area (Å²) >= 11 is 0. The number of aromatic nitrogens is 5. The lowest BCUT2D eigenvalue weighted by molar-refractivity contribution is 0.240. The van der Waals surface area contributed by atoms with E-state index in [-0.39, 0.29) is 0 Å². The average molecular weight is 354 g/mol. The van der Waals surface area contributed by atoms with Crippen molar-refractivity contribution in [2.75, 3.05) is 6.54 Å². The first-order valence-corrected chi connectivity index (χ1v) is 9.03. The molecule has 0 radical (unpaired) electrons. The Morgan fingerprint density at radius 1 is 0.926 bits per heavy atom. The summed E-state index contributed by atoms with van der Waals surface area (Å²) in [4.78, 5) is 24.8. The number of hydrogen-bond acceptors (Lipinski definition) is 6. The molecule has 5 heterocycles. The highest BCUT2D eigenvalue weighted by Crippen LogP contribution is 2.22. The number of fused-ring (bicyclic) bond motifs is 2. The van der Waals surface area contributed by atoms with Gasteiger partial charge in [0.25, 0.3) is 0 Å². The Kier molecular flexibility index (Phi) is 4.03. The zero-order valence-electron chi connectivity index (χ0n) is 14.8. The van der Waals surface area contributed by atoms with Crippen LogP contribution in [0.2, 0.25) is 0 Å². The quantitative estimate of drug-likeness (QED) is 0.563. The average Bonchev–Trinajstić information content (AvgIpc) is 2.74. The van der Waals surface area contributed by atoms with Crippen LogP contribution in [-0.4, -0.2) is 36.4 Å². The van der Waals surface area contributed by atoms with E-state index in [9.17, 15) is 0 Å². The van der Waals surface area contributed by atoms with Crippen LogP contribution in [0.15, 0.2) is 61.2 Å². The molecule has 6 heteroatoms. The first-order chi connectivity index (χ1) is 13.3. The molecule has 0 spiro atoms. The fraction of sp³-hybridized carbons (Fsp3) is 0.190. The molecule has 0 unspecified atom stereocenters. The zero-order valence-corrected chi connectivity index (χ0v) is 14.8. The van der Waals surface area contributed by atoms with Gasteiger partial charge in [-0.25, -0.2) is 19.9 Å². The predicted molar refractivity (Wildman–Crippen MR) is 103 cm³/mol. The molecule has 1 aliphatic heterocycles. The molecule has 0 aromatic carbocycles. The normalized spacial score (nSPS) is 14.2. The van der Waals surface area contributed by atoms with Gasteiger partial charge in [-0.15, -0.1) is 0 Å². The molecule has 0 aliphatic carbocycles. The van der Waals surface area contributed by atoms with Crippen LogP contribution in [0, 0.1) is 0 Å². The van der Waals surface area contributed by atoms with Crippen molar-refractivity contribution < 1.29 is 0 Å². The van der Waals surface area contributed by atoms with Crippen molar-refractivity contribution in [3.8, 4) is 11.4 Å². The lowest BCUT2D eigenvalue weighted by atomic mass is 10.1. The lowest BCUT2D eigenvalue weighted by Crippen LogP contribution is -2.31. The van der Waals surface area contributed by atoms with E-state index in [4.69, 9.17) is 4.98 Å². The molecule has 132 valence electrons. The van der Waals surface area contributed by atoms with E-state index in [0.29, 0.717) is 0 Å². The van der Waals surface area contributed by atoms with E-state index in [1.807, 2.05) is 30.5 Å². The maximum Gasteiger partial charge on any atom is 0.159 e. The van der Waals surface area contributed by atoms with Crippen molar-refractivity contribution in [3.63, 3.8) is 0 Å². The van der Waals surface area contributed by atoms with Crippen molar-refractivity contribution in [2.45, 2.75) is 19.5 Å². The van der Waals surface area contributed by atoms with Crippen LogP contribution in [0.5, 0.6) is 0 Å². The molecular formula is C21H18N6. The molecule has 0 N–H and O–H groups in total.